The van der Waals surface area contributed by atoms with E-state index in [0.717, 1.165) is 0 Å². The Morgan fingerprint density at radius 3 is 2.38 bits per heavy atom. The zero-order chi connectivity index (χ0) is 12.5. The second-order valence-corrected chi connectivity index (χ2v) is 3.59. The van der Waals surface area contributed by atoms with Gasteiger partial charge in [-0.25, -0.2) is 8.78 Å². The number of alkyl halides is 5. The van der Waals surface area contributed by atoms with Crippen LogP contribution in [0.15, 0.2) is 10.7 Å². The lowest BCUT2D eigenvalue weighted by atomic mass is 10.2. The molecule has 0 unspecified atom stereocenters. The van der Waals surface area contributed by atoms with E-state index in [1.807, 2.05) is 0 Å². The Labute approximate surface area is 95.6 Å². The number of hydrogen-bond donors (Lipinski definition) is 0. The molecule has 0 radical (unpaired) electrons. The highest BCUT2D eigenvalue weighted by atomic mass is 79.9. The van der Waals surface area contributed by atoms with E-state index < -0.39 is 24.2 Å². The standard InChI is InChI=1S/C8H5BrF5NO/c1-3-5(9)4(16-8(12,13)14)2-15-6(3)7(10)11/h2,7H,1H3. The van der Waals surface area contributed by atoms with Crippen LogP contribution in [0.1, 0.15) is 17.7 Å². The summed E-state index contributed by atoms with van der Waals surface area (Å²) in [4.78, 5) is 3.22. The van der Waals surface area contributed by atoms with Gasteiger partial charge >= 0.3 is 6.36 Å². The van der Waals surface area contributed by atoms with Crippen LogP contribution < -0.4 is 4.74 Å². The molecule has 0 saturated heterocycles. The molecular formula is C8H5BrF5NO. The first-order valence-corrected chi connectivity index (χ1v) is 4.70. The highest BCUT2D eigenvalue weighted by Gasteiger charge is 2.33. The first-order valence-electron chi connectivity index (χ1n) is 3.91. The summed E-state index contributed by atoms with van der Waals surface area (Å²) in [7, 11) is 0. The summed E-state index contributed by atoms with van der Waals surface area (Å²) in [6.45, 7) is 1.22. The van der Waals surface area contributed by atoms with Crippen LogP contribution in [0.4, 0.5) is 22.0 Å². The highest BCUT2D eigenvalue weighted by Crippen LogP contribution is 2.35. The van der Waals surface area contributed by atoms with Gasteiger partial charge in [-0.3, -0.25) is 4.98 Å². The number of nitrogens with zero attached hydrogens (tertiary/aromatic N) is 1. The molecule has 2 nitrogen and oxygen atoms in total. The molecule has 0 aliphatic carbocycles. The van der Waals surface area contributed by atoms with Gasteiger partial charge in [0.25, 0.3) is 6.43 Å². The molecule has 0 aliphatic rings. The molecule has 90 valence electrons. The largest absolute Gasteiger partial charge is 0.573 e. The van der Waals surface area contributed by atoms with E-state index in [0.29, 0.717) is 6.20 Å². The summed E-state index contributed by atoms with van der Waals surface area (Å²) >= 11 is 2.75. The van der Waals surface area contributed by atoms with E-state index in [9.17, 15) is 22.0 Å². The van der Waals surface area contributed by atoms with Gasteiger partial charge < -0.3 is 4.74 Å². The van der Waals surface area contributed by atoms with Crippen molar-refractivity contribution in [3.63, 3.8) is 0 Å². The summed E-state index contributed by atoms with van der Waals surface area (Å²) < 4.78 is 63.8. The van der Waals surface area contributed by atoms with Crippen molar-refractivity contribution in [2.75, 3.05) is 0 Å². The lowest BCUT2D eigenvalue weighted by molar-refractivity contribution is -0.275. The van der Waals surface area contributed by atoms with Crippen LogP contribution in [0.25, 0.3) is 0 Å². The second kappa shape index (κ2) is 4.52. The van der Waals surface area contributed by atoms with Crippen molar-refractivity contribution in [2.45, 2.75) is 19.7 Å². The molecule has 8 heteroatoms. The third kappa shape index (κ3) is 3.03. The van der Waals surface area contributed by atoms with Gasteiger partial charge in [-0.05, 0) is 28.4 Å². The molecule has 1 rings (SSSR count). The van der Waals surface area contributed by atoms with Crippen molar-refractivity contribution in [3.8, 4) is 5.75 Å². The van der Waals surface area contributed by atoms with Crippen molar-refractivity contribution < 1.29 is 26.7 Å². The summed E-state index contributed by atoms with van der Waals surface area (Å²) in [5.41, 5.74) is -0.668. The number of pyridine rings is 1. The molecule has 0 amide bonds. The summed E-state index contributed by atoms with van der Waals surface area (Å²) in [6, 6.07) is 0. The smallest absolute Gasteiger partial charge is 0.403 e. The maximum absolute atomic E-state index is 12.3. The lowest BCUT2D eigenvalue weighted by Gasteiger charge is -2.13. The fourth-order valence-electron chi connectivity index (χ4n) is 0.995. The van der Waals surface area contributed by atoms with Gasteiger partial charge in [-0.1, -0.05) is 0 Å². The van der Waals surface area contributed by atoms with Crippen molar-refractivity contribution in [3.05, 3.63) is 21.9 Å². The SMILES string of the molecule is Cc1c(C(F)F)ncc(OC(F)(F)F)c1Br. The molecule has 0 spiro atoms. The van der Waals surface area contributed by atoms with E-state index in [1.54, 1.807) is 0 Å². The van der Waals surface area contributed by atoms with Crippen molar-refractivity contribution in [2.24, 2.45) is 0 Å². The topological polar surface area (TPSA) is 22.1 Å². The van der Waals surface area contributed by atoms with Gasteiger partial charge in [0.15, 0.2) is 5.75 Å². The number of aromatic nitrogens is 1. The van der Waals surface area contributed by atoms with Crippen molar-refractivity contribution >= 4 is 15.9 Å². The van der Waals surface area contributed by atoms with E-state index in [2.05, 4.69) is 25.7 Å². The zero-order valence-corrected chi connectivity index (χ0v) is 9.36. The van der Waals surface area contributed by atoms with Gasteiger partial charge in [0.1, 0.15) is 5.69 Å². The Kier molecular flexibility index (Phi) is 3.72. The van der Waals surface area contributed by atoms with Gasteiger partial charge in [-0.2, -0.15) is 0 Å². The Hall–Kier alpha value is -0.920. The molecule has 0 aliphatic heterocycles. The minimum absolute atomic E-state index is 0.0863. The maximum atomic E-state index is 12.3. The van der Waals surface area contributed by atoms with Crippen LogP contribution in [0.3, 0.4) is 0 Å². The Balaban J connectivity index is 3.12. The van der Waals surface area contributed by atoms with E-state index in [1.165, 1.54) is 6.92 Å². The normalized spacial score (nSPS) is 12.0. The van der Waals surface area contributed by atoms with E-state index in [4.69, 9.17) is 0 Å². The Morgan fingerprint density at radius 1 is 1.38 bits per heavy atom. The number of halogens is 6. The van der Waals surface area contributed by atoms with E-state index >= 15 is 0 Å². The molecule has 1 heterocycles. The first kappa shape index (κ1) is 13.1. The average Bonchev–Trinajstić information content (AvgIpc) is 2.10. The molecule has 0 bridgehead atoms. The summed E-state index contributed by atoms with van der Waals surface area (Å²) in [6.07, 6.45) is -7.13. The summed E-state index contributed by atoms with van der Waals surface area (Å²) in [5, 5.41) is 0. The zero-order valence-electron chi connectivity index (χ0n) is 7.78. The minimum Gasteiger partial charge on any atom is -0.403 e. The minimum atomic E-state index is -4.89. The average molecular weight is 306 g/mol. The van der Waals surface area contributed by atoms with Gasteiger partial charge in [0, 0.05) is 0 Å². The fourth-order valence-corrected chi connectivity index (χ4v) is 1.38. The van der Waals surface area contributed by atoms with Crippen LogP contribution in [0.5, 0.6) is 5.75 Å². The van der Waals surface area contributed by atoms with E-state index in [-0.39, 0.29) is 10.0 Å². The molecule has 0 N–H and O–H groups in total. The number of ether oxygens (including phenoxy) is 1. The van der Waals surface area contributed by atoms with Crippen LogP contribution in [0.2, 0.25) is 0 Å². The second-order valence-electron chi connectivity index (χ2n) is 2.80. The third-order valence-corrected chi connectivity index (χ3v) is 2.67. The molecule has 0 atom stereocenters. The van der Waals surface area contributed by atoms with Crippen molar-refractivity contribution in [1.29, 1.82) is 0 Å². The predicted molar refractivity (Wildman–Crippen MR) is 48.3 cm³/mol. The lowest BCUT2D eigenvalue weighted by Crippen LogP contribution is -2.18. The van der Waals surface area contributed by atoms with Crippen LogP contribution >= 0.6 is 15.9 Å². The Bertz CT molecular complexity index is 393. The van der Waals surface area contributed by atoms with Gasteiger partial charge in [0.2, 0.25) is 0 Å². The maximum Gasteiger partial charge on any atom is 0.573 e. The van der Waals surface area contributed by atoms with Crippen LogP contribution in [-0.4, -0.2) is 11.3 Å². The molecule has 0 saturated carbocycles. The highest BCUT2D eigenvalue weighted by molar-refractivity contribution is 9.10. The van der Waals surface area contributed by atoms with Crippen molar-refractivity contribution in [1.82, 2.24) is 4.98 Å². The number of rotatable bonds is 2. The summed E-state index contributed by atoms with van der Waals surface area (Å²) in [5.74, 6) is -0.644. The fraction of sp³-hybridized carbons (Fsp3) is 0.375. The quantitative estimate of drug-likeness (QED) is 0.771. The predicted octanol–water partition coefficient (Wildman–Crippen LogP) is 3.99. The molecule has 1 aromatic rings. The Morgan fingerprint density at radius 2 is 1.94 bits per heavy atom. The van der Waals surface area contributed by atoms with Gasteiger partial charge in [0.05, 0.1) is 10.7 Å². The molecular weight excluding hydrogens is 301 g/mol. The third-order valence-electron chi connectivity index (χ3n) is 1.68. The van der Waals surface area contributed by atoms with Gasteiger partial charge in [-0.15, -0.1) is 13.2 Å². The molecule has 0 aromatic carbocycles. The molecule has 1 aromatic heterocycles. The van der Waals surface area contributed by atoms with Crippen LogP contribution in [-0.2, 0) is 0 Å². The monoisotopic (exact) mass is 305 g/mol. The molecule has 16 heavy (non-hydrogen) atoms. The first-order chi connectivity index (χ1) is 7.22. The van der Waals surface area contributed by atoms with Crippen LogP contribution in [0, 0.1) is 6.92 Å². The number of hydrogen-bond acceptors (Lipinski definition) is 2. The molecule has 0 fully saturated rings.